The van der Waals surface area contributed by atoms with Gasteiger partial charge in [0.15, 0.2) is 11.5 Å². The van der Waals surface area contributed by atoms with Gasteiger partial charge in [0.05, 0.1) is 26.1 Å². The molecule has 0 aliphatic heterocycles. The Bertz CT molecular complexity index is 1760. The predicted octanol–water partition coefficient (Wildman–Crippen LogP) is 7.33. The summed E-state index contributed by atoms with van der Waals surface area (Å²) in [5, 5.41) is 9.07. The molecule has 0 aliphatic carbocycles. The first-order chi connectivity index (χ1) is 21.4. The zero-order valence-electron chi connectivity index (χ0n) is 25.6. The summed E-state index contributed by atoms with van der Waals surface area (Å²) in [5.74, 6) is 2.13. The first-order valence-corrected chi connectivity index (χ1v) is 14.4. The molecule has 5 aromatic rings. The molecule has 0 saturated heterocycles. The number of methoxy groups -OCH3 is 2. The van der Waals surface area contributed by atoms with E-state index in [-0.39, 0.29) is 5.91 Å². The van der Waals surface area contributed by atoms with E-state index >= 15 is 0 Å². The van der Waals surface area contributed by atoms with E-state index in [4.69, 9.17) is 19.3 Å². The smallest absolute Gasteiger partial charge is 0.271 e. The van der Waals surface area contributed by atoms with E-state index in [2.05, 4.69) is 49.5 Å². The Balaban J connectivity index is 1.30. The summed E-state index contributed by atoms with van der Waals surface area (Å²) >= 11 is 0. The van der Waals surface area contributed by atoms with Crippen LogP contribution in [0.25, 0.3) is 16.9 Å². The molecule has 8 heteroatoms. The van der Waals surface area contributed by atoms with Gasteiger partial charge in [-0.1, -0.05) is 56.3 Å². The summed E-state index contributed by atoms with van der Waals surface area (Å²) in [5.41, 5.74) is 9.51. The van der Waals surface area contributed by atoms with Gasteiger partial charge in [0.2, 0.25) is 0 Å². The van der Waals surface area contributed by atoms with Gasteiger partial charge in [0.1, 0.15) is 18.1 Å². The first kappa shape index (κ1) is 30.1. The molecule has 0 aliphatic rings. The molecular weight excluding hydrogens is 552 g/mol. The van der Waals surface area contributed by atoms with Crippen molar-refractivity contribution in [2.24, 2.45) is 5.10 Å². The monoisotopic (exact) mass is 588 g/mol. The number of para-hydroxylation sites is 1. The number of rotatable bonds is 11. The molecule has 44 heavy (non-hydrogen) atoms. The van der Waals surface area contributed by atoms with Crippen LogP contribution in [0.5, 0.6) is 17.2 Å². The van der Waals surface area contributed by atoms with E-state index in [1.807, 2.05) is 66.9 Å². The third-order valence-corrected chi connectivity index (χ3v) is 7.19. The number of hydrazone groups is 1. The topological polar surface area (TPSA) is 87.0 Å². The minimum Gasteiger partial charge on any atom is -0.493 e. The van der Waals surface area contributed by atoms with E-state index in [0.717, 1.165) is 28.1 Å². The summed E-state index contributed by atoms with van der Waals surface area (Å²) in [6, 6.07) is 29.0. The van der Waals surface area contributed by atoms with Gasteiger partial charge in [-0.3, -0.25) is 4.79 Å². The minimum absolute atomic E-state index is 0.322. The number of hydrogen-bond acceptors (Lipinski definition) is 6. The number of hydrogen-bond donors (Lipinski definition) is 1. The van der Waals surface area contributed by atoms with Crippen molar-refractivity contribution in [2.75, 3.05) is 14.2 Å². The summed E-state index contributed by atoms with van der Waals surface area (Å²) in [7, 11) is 3.19. The summed E-state index contributed by atoms with van der Waals surface area (Å²) in [6.07, 6.45) is 3.46. The quantitative estimate of drug-likeness (QED) is 0.129. The molecule has 224 valence electrons. The number of ether oxygens (including phenoxy) is 3. The second-order valence-corrected chi connectivity index (χ2v) is 10.7. The van der Waals surface area contributed by atoms with Gasteiger partial charge in [0.25, 0.3) is 5.91 Å². The van der Waals surface area contributed by atoms with Crippen LogP contribution in [0.15, 0.2) is 102 Å². The molecular formula is C36H36N4O4. The largest absolute Gasteiger partial charge is 0.493 e. The van der Waals surface area contributed by atoms with Crippen molar-refractivity contribution in [3.05, 3.63) is 125 Å². The number of carbonyl (C=O) groups excluding carboxylic acids is 1. The molecule has 1 N–H and O–H groups in total. The molecule has 5 rings (SSSR count). The predicted molar refractivity (Wildman–Crippen MR) is 173 cm³/mol. The van der Waals surface area contributed by atoms with E-state index in [1.165, 1.54) is 5.56 Å². The highest BCUT2D eigenvalue weighted by Crippen LogP contribution is 2.33. The number of carbonyl (C=O) groups is 1. The number of nitrogens with one attached hydrogen (secondary N) is 1. The third kappa shape index (κ3) is 6.98. The maximum Gasteiger partial charge on any atom is 0.271 e. The lowest BCUT2D eigenvalue weighted by atomic mass is 10.0. The fourth-order valence-electron chi connectivity index (χ4n) is 4.78. The number of benzene rings is 4. The van der Waals surface area contributed by atoms with Crippen molar-refractivity contribution in [2.45, 2.75) is 33.3 Å². The number of aryl methyl sites for hydroxylation is 1. The SMILES string of the molecule is COc1ccc(-c2nn(-c3ccccc3)cc2C=NNC(=O)c2ccc(COc3cc(C)ccc3C(C)C)cc2)cc1OC. The highest BCUT2D eigenvalue weighted by Gasteiger charge is 2.15. The van der Waals surface area contributed by atoms with Crippen molar-refractivity contribution in [1.82, 2.24) is 15.2 Å². The number of amides is 1. The average molecular weight is 589 g/mol. The lowest BCUT2D eigenvalue weighted by Crippen LogP contribution is -2.17. The van der Waals surface area contributed by atoms with E-state index in [1.54, 1.807) is 37.2 Å². The lowest BCUT2D eigenvalue weighted by molar-refractivity contribution is 0.0955. The van der Waals surface area contributed by atoms with E-state index in [0.29, 0.717) is 40.8 Å². The molecule has 0 bridgehead atoms. The normalized spacial score (nSPS) is 11.1. The van der Waals surface area contributed by atoms with Crippen LogP contribution >= 0.6 is 0 Å². The fraction of sp³-hybridized carbons (Fsp3) is 0.194. The molecule has 1 amide bonds. The molecule has 4 aromatic carbocycles. The van der Waals surface area contributed by atoms with Gasteiger partial charge < -0.3 is 14.2 Å². The Morgan fingerprint density at radius 3 is 2.36 bits per heavy atom. The molecule has 8 nitrogen and oxygen atoms in total. The minimum atomic E-state index is -0.322. The molecule has 0 unspecified atom stereocenters. The molecule has 0 fully saturated rings. The average Bonchev–Trinajstić information content (AvgIpc) is 3.48. The standard InChI is InChI=1S/C36H36N4O4/c1-24(2)31-17-11-25(3)19-33(31)44-23-26-12-14-27(15-13-26)36(41)38-37-21-29-22-40(30-9-7-6-8-10-30)39-35(29)28-16-18-32(42-4)34(20-28)43-5/h6-22,24H,23H2,1-5H3,(H,38,41). The zero-order valence-corrected chi connectivity index (χ0v) is 25.6. The van der Waals surface area contributed by atoms with Crippen LogP contribution in [0.1, 0.15) is 52.4 Å². The van der Waals surface area contributed by atoms with Gasteiger partial charge in [-0.15, -0.1) is 0 Å². The van der Waals surface area contributed by atoms with Crippen LogP contribution in [-0.2, 0) is 6.61 Å². The summed E-state index contributed by atoms with van der Waals surface area (Å²) < 4.78 is 18.8. The van der Waals surface area contributed by atoms with Crippen molar-refractivity contribution in [3.8, 4) is 34.2 Å². The van der Waals surface area contributed by atoms with Crippen LogP contribution in [0.4, 0.5) is 0 Å². The van der Waals surface area contributed by atoms with Crippen LogP contribution in [-0.4, -0.2) is 36.1 Å². The molecule has 0 spiro atoms. The Morgan fingerprint density at radius 1 is 0.909 bits per heavy atom. The van der Waals surface area contributed by atoms with Gasteiger partial charge in [0, 0.05) is 22.9 Å². The Kier molecular flexibility index (Phi) is 9.40. The Hall–Kier alpha value is -5.37. The fourth-order valence-corrected chi connectivity index (χ4v) is 4.78. The molecule has 1 aromatic heterocycles. The van der Waals surface area contributed by atoms with Gasteiger partial charge in [-0.2, -0.15) is 10.2 Å². The second kappa shape index (κ2) is 13.7. The van der Waals surface area contributed by atoms with Gasteiger partial charge >= 0.3 is 0 Å². The highest BCUT2D eigenvalue weighted by atomic mass is 16.5. The van der Waals surface area contributed by atoms with Crippen LogP contribution in [0.3, 0.4) is 0 Å². The molecule has 0 saturated carbocycles. The van der Waals surface area contributed by atoms with Crippen LogP contribution in [0.2, 0.25) is 0 Å². The second-order valence-electron chi connectivity index (χ2n) is 10.7. The van der Waals surface area contributed by atoms with Gasteiger partial charge in [-0.25, -0.2) is 10.1 Å². The van der Waals surface area contributed by atoms with Crippen LogP contribution in [0, 0.1) is 6.92 Å². The van der Waals surface area contributed by atoms with Crippen molar-refractivity contribution < 1.29 is 19.0 Å². The summed E-state index contributed by atoms with van der Waals surface area (Å²) in [6.45, 7) is 6.77. The third-order valence-electron chi connectivity index (χ3n) is 7.19. The molecule has 1 heterocycles. The van der Waals surface area contributed by atoms with Crippen LogP contribution < -0.4 is 19.6 Å². The maximum absolute atomic E-state index is 12.9. The Morgan fingerprint density at radius 2 is 1.66 bits per heavy atom. The van der Waals surface area contributed by atoms with E-state index in [9.17, 15) is 4.79 Å². The highest BCUT2D eigenvalue weighted by molar-refractivity contribution is 5.95. The molecule has 0 atom stereocenters. The maximum atomic E-state index is 12.9. The van der Waals surface area contributed by atoms with Crippen molar-refractivity contribution in [1.29, 1.82) is 0 Å². The van der Waals surface area contributed by atoms with Crippen molar-refractivity contribution in [3.63, 3.8) is 0 Å². The summed E-state index contributed by atoms with van der Waals surface area (Å²) in [4.78, 5) is 12.9. The Labute approximate surface area is 257 Å². The van der Waals surface area contributed by atoms with Crippen molar-refractivity contribution >= 4 is 12.1 Å². The number of nitrogens with zero attached hydrogens (tertiary/aromatic N) is 3. The van der Waals surface area contributed by atoms with E-state index < -0.39 is 0 Å². The van der Waals surface area contributed by atoms with Gasteiger partial charge in [-0.05, 0) is 78.1 Å². The first-order valence-electron chi connectivity index (χ1n) is 14.4. The zero-order chi connectivity index (χ0) is 31.1. The lowest BCUT2D eigenvalue weighted by Gasteiger charge is -2.15. The molecule has 0 radical (unpaired) electrons. The number of aromatic nitrogens is 2.